The normalized spacial score (nSPS) is 10.6. The van der Waals surface area contributed by atoms with Gasteiger partial charge in [-0.2, -0.15) is 0 Å². The quantitative estimate of drug-likeness (QED) is 0.806. The summed E-state index contributed by atoms with van der Waals surface area (Å²) in [6, 6.07) is 3.98. The van der Waals surface area contributed by atoms with Crippen LogP contribution in [0, 0.1) is 0 Å². The number of rotatable bonds is 8. The second-order valence-corrected chi connectivity index (χ2v) is 5.19. The SMILES string of the molecule is CCCNc1cc(N(C)Cc2ccoc2)nc(CCC)n1. The van der Waals surface area contributed by atoms with Crippen molar-refractivity contribution in [2.45, 2.75) is 39.7 Å². The Kier molecular flexibility index (Phi) is 5.60. The lowest BCUT2D eigenvalue weighted by molar-refractivity contribution is 0.563. The Morgan fingerprint density at radius 1 is 1.24 bits per heavy atom. The van der Waals surface area contributed by atoms with Gasteiger partial charge in [0.05, 0.1) is 12.5 Å². The lowest BCUT2D eigenvalue weighted by Crippen LogP contribution is -2.19. The molecule has 0 atom stereocenters. The minimum atomic E-state index is 0.770. The van der Waals surface area contributed by atoms with Gasteiger partial charge in [-0.25, -0.2) is 9.97 Å². The van der Waals surface area contributed by atoms with Crippen LogP contribution in [-0.4, -0.2) is 23.6 Å². The van der Waals surface area contributed by atoms with E-state index in [9.17, 15) is 0 Å². The maximum atomic E-state index is 5.12. The summed E-state index contributed by atoms with van der Waals surface area (Å²) in [5, 5.41) is 3.35. The molecule has 0 aliphatic carbocycles. The number of furan rings is 1. The average Bonchev–Trinajstić information content (AvgIpc) is 2.98. The van der Waals surface area contributed by atoms with Crippen molar-refractivity contribution >= 4 is 11.6 Å². The van der Waals surface area contributed by atoms with E-state index < -0.39 is 0 Å². The van der Waals surface area contributed by atoms with Gasteiger partial charge in [0.1, 0.15) is 17.5 Å². The Hall–Kier alpha value is -2.04. The number of hydrogen-bond acceptors (Lipinski definition) is 5. The molecule has 0 aliphatic rings. The van der Waals surface area contributed by atoms with Crippen molar-refractivity contribution in [2.75, 3.05) is 23.8 Å². The molecule has 0 aromatic carbocycles. The number of aryl methyl sites for hydroxylation is 1. The molecule has 5 nitrogen and oxygen atoms in total. The van der Waals surface area contributed by atoms with Crippen molar-refractivity contribution in [3.8, 4) is 0 Å². The fourth-order valence-electron chi connectivity index (χ4n) is 2.10. The van der Waals surface area contributed by atoms with Gasteiger partial charge in [-0.15, -0.1) is 0 Å². The van der Waals surface area contributed by atoms with Crippen molar-refractivity contribution in [1.82, 2.24) is 9.97 Å². The lowest BCUT2D eigenvalue weighted by Gasteiger charge is -2.19. The van der Waals surface area contributed by atoms with Gasteiger partial charge < -0.3 is 14.6 Å². The summed E-state index contributed by atoms with van der Waals surface area (Å²) >= 11 is 0. The molecule has 114 valence electrons. The van der Waals surface area contributed by atoms with Crippen LogP contribution in [0.3, 0.4) is 0 Å². The third kappa shape index (κ3) is 4.48. The standard InChI is InChI=1S/C16H24N4O/c1-4-6-14-18-15(17-8-5-2)10-16(19-14)20(3)11-13-7-9-21-12-13/h7,9-10,12H,4-6,8,11H2,1-3H3,(H,17,18,19). The monoisotopic (exact) mass is 288 g/mol. The maximum Gasteiger partial charge on any atom is 0.134 e. The average molecular weight is 288 g/mol. The molecule has 2 heterocycles. The summed E-state index contributed by atoms with van der Waals surface area (Å²) in [5.41, 5.74) is 1.14. The summed E-state index contributed by atoms with van der Waals surface area (Å²) in [4.78, 5) is 11.3. The molecular weight excluding hydrogens is 264 g/mol. The Balaban J connectivity index is 2.17. The predicted octanol–water partition coefficient (Wildman–Crippen LogP) is 3.48. The number of hydrogen-bond donors (Lipinski definition) is 1. The summed E-state index contributed by atoms with van der Waals surface area (Å²) in [6.07, 6.45) is 6.48. The van der Waals surface area contributed by atoms with Crippen LogP contribution in [0.25, 0.3) is 0 Å². The predicted molar refractivity (Wildman–Crippen MR) is 85.6 cm³/mol. The van der Waals surface area contributed by atoms with E-state index >= 15 is 0 Å². The first-order valence-corrected chi connectivity index (χ1v) is 7.57. The Morgan fingerprint density at radius 2 is 2.10 bits per heavy atom. The topological polar surface area (TPSA) is 54.2 Å². The van der Waals surface area contributed by atoms with Crippen LogP contribution >= 0.6 is 0 Å². The van der Waals surface area contributed by atoms with Crippen molar-refractivity contribution in [3.63, 3.8) is 0 Å². The maximum absolute atomic E-state index is 5.12. The number of anilines is 2. The first-order valence-electron chi connectivity index (χ1n) is 7.57. The molecule has 21 heavy (non-hydrogen) atoms. The van der Waals surface area contributed by atoms with Crippen LogP contribution in [-0.2, 0) is 13.0 Å². The zero-order chi connectivity index (χ0) is 15.1. The van der Waals surface area contributed by atoms with E-state index in [0.717, 1.165) is 55.4 Å². The molecule has 0 fully saturated rings. The van der Waals surface area contributed by atoms with Gasteiger partial charge in [-0.05, 0) is 18.9 Å². The molecule has 0 aliphatic heterocycles. The second kappa shape index (κ2) is 7.67. The van der Waals surface area contributed by atoms with Gasteiger partial charge >= 0.3 is 0 Å². The highest BCUT2D eigenvalue weighted by Crippen LogP contribution is 2.18. The minimum absolute atomic E-state index is 0.770. The van der Waals surface area contributed by atoms with Crippen LogP contribution < -0.4 is 10.2 Å². The van der Waals surface area contributed by atoms with Crippen molar-refractivity contribution < 1.29 is 4.42 Å². The molecule has 1 N–H and O–H groups in total. The summed E-state index contributed by atoms with van der Waals surface area (Å²) in [7, 11) is 2.04. The molecule has 0 saturated heterocycles. The molecule has 0 amide bonds. The van der Waals surface area contributed by atoms with Gasteiger partial charge in [0.2, 0.25) is 0 Å². The Morgan fingerprint density at radius 3 is 2.76 bits per heavy atom. The molecule has 0 spiro atoms. The van der Waals surface area contributed by atoms with E-state index in [0.29, 0.717) is 0 Å². The highest BCUT2D eigenvalue weighted by molar-refractivity contribution is 5.49. The zero-order valence-corrected chi connectivity index (χ0v) is 13.1. The lowest BCUT2D eigenvalue weighted by atomic mass is 10.3. The van der Waals surface area contributed by atoms with Gasteiger partial charge in [0.15, 0.2) is 0 Å². The Bertz CT molecular complexity index is 539. The van der Waals surface area contributed by atoms with Crippen LogP contribution in [0.5, 0.6) is 0 Å². The van der Waals surface area contributed by atoms with Crippen LogP contribution in [0.2, 0.25) is 0 Å². The van der Waals surface area contributed by atoms with Gasteiger partial charge in [0.25, 0.3) is 0 Å². The third-order valence-corrected chi connectivity index (χ3v) is 3.18. The van der Waals surface area contributed by atoms with E-state index in [1.54, 1.807) is 12.5 Å². The third-order valence-electron chi connectivity index (χ3n) is 3.18. The molecule has 0 unspecified atom stereocenters. The van der Waals surface area contributed by atoms with Crippen molar-refractivity contribution in [1.29, 1.82) is 0 Å². The fraction of sp³-hybridized carbons (Fsp3) is 0.500. The first kappa shape index (κ1) is 15.4. The van der Waals surface area contributed by atoms with E-state index in [1.807, 2.05) is 19.2 Å². The molecule has 0 radical (unpaired) electrons. The molecule has 0 saturated carbocycles. The number of aromatic nitrogens is 2. The molecular formula is C16H24N4O. The van der Waals surface area contributed by atoms with Crippen LogP contribution in [0.1, 0.15) is 38.1 Å². The van der Waals surface area contributed by atoms with E-state index in [2.05, 4.69) is 34.0 Å². The summed E-state index contributed by atoms with van der Waals surface area (Å²) in [6.45, 7) is 5.98. The Labute approximate surface area is 126 Å². The minimum Gasteiger partial charge on any atom is -0.472 e. The molecule has 2 rings (SSSR count). The molecule has 5 heteroatoms. The second-order valence-electron chi connectivity index (χ2n) is 5.19. The smallest absolute Gasteiger partial charge is 0.134 e. The number of nitrogens with zero attached hydrogens (tertiary/aromatic N) is 3. The van der Waals surface area contributed by atoms with Crippen LogP contribution in [0.4, 0.5) is 11.6 Å². The van der Waals surface area contributed by atoms with Crippen LogP contribution in [0.15, 0.2) is 29.1 Å². The molecule has 0 bridgehead atoms. The van der Waals surface area contributed by atoms with Crippen molar-refractivity contribution in [2.24, 2.45) is 0 Å². The van der Waals surface area contributed by atoms with E-state index in [1.165, 1.54) is 0 Å². The fourth-order valence-corrected chi connectivity index (χ4v) is 2.10. The zero-order valence-electron chi connectivity index (χ0n) is 13.1. The van der Waals surface area contributed by atoms with Crippen molar-refractivity contribution in [3.05, 3.63) is 36.0 Å². The number of nitrogens with one attached hydrogen (secondary N) is 1. The molecule has 2 aromatic heterocycles. The summed E-state index contributed by atoms with van der Waals surface area (Å²) < 4.78 is 5.12. The highest BCUT2D eigenvalue weighted by atomic mass is 16.3. The van der Waals surface area contributed by atoms with Gasteiger partial charge in [-0.1, -0.05) is 13.8 Å². The first-order chi connectivity index (χ1) is 10.2. The molecule has 2 aromatic rings. The highest BCUT2D eigenvalue weighted by Gasteiger charge is 2.09. The van der Waals surface area contributed by atoms with Gasteiger partial charge in [-0.3, -0.25) is 0 Å². The van der Waals surface area contributed by atoms with Gasteiger partial charge in [0, 0.05) is 38.2 Å². The van der Waals surface area contributed by atoms with E-state index in [4.69, 9.17) is 4.42 Å². The largest absolute Gasteiger partial charge is 0.472 e. The summed E-state index contributed by atoms with van der Waals surface area (Å²) in [5.74, 6) is 2.74. The van der Waals surface area contributed by atoms with E-state index in [-0.39, 0.29) is 0 Å².